The number of ether oxygens (including phenoxy) is 2. The summed E-state index contributed by atoms with van der Waals surface area (Å²) in [5.41, 5.74) is 14.8. The number of hydrogen-bond acceptors (Lipinski definition) is 7. The van der Waals surface area contributed by atoms with Crippen LogP contribution in [0.25, 0.3) is 32.6 Å². The molecule has 3 heterocycles. The van der Waals surface area contributed by atoms with Crippen molar-refractivity contribution in [2.45, 2.75) is 32.4 Å². The van der Waals surface area contributed by atoms with E-state index in [1.165, 1.54) is 11.3 Å². The molecule has 1 unspecified atom stereocenters. The molecule has 4 N–H and O–H groups in total. The molecule has 154 valence electrons. The van der Waals surface area contributed by atoms with Gasteiger partial charge in [0.1, 0.15) is 22.8 Å². The first kappa shape index (κ1) is 18.7. The SMILES string of the molecule is CC(Oc1cc2c3c(c1)nc(-c1ccc4nc(N)sc4c1)n3CCCCO2)C(N)=O. The minimum atomic E-state index is -0.746. The first-order valence-electron chi connectivity index (χ1n) is 9.79. The number of hydrogen-bond donors (Lipinski definition) is 2. The lowest BCUT2D eigenvalue weighted by Gasteiger charge is -2.18. The predicted molar refractivity (Wildman–Crippen MR) is 117 cm³/mol. The Morgan fingerprint density at radius 3 is 2.93 bits per heavy atom. The van der Waals surface area contributed by atoms with Crippen molar-refractivity contribution < 1.29 is 14.3 Å². The Balaban J connectivity index is 1.68. The molecule has 1 aliphatic rings. The number of aromatic nitrogens is 3. The maximum Gasteiger partial charge on any atom is 0.258 e. The third-order valence-corrected chi connectivity index (χ3v) is 6.04. The average molecular weight is 423 g/mol. The van der Waals surface area contributed by atoms with Gasteiger partial charge in [-0.15, -0.1) is 0 Å². The van der Waals surface area contributed by atoms with Crippen molar-refractivity contribution in [3.05, 3.63) is 30.3 Å². The molecule has 5 rings (SSSR count). The van der Waals surface area contributed by atoms with Gasteiger partial charge in [0.25, 0.3) is 5.91 Å². The minimum absolute atomic E-state index is 0.506. The van der Waals surface area contributed by atoms with E-state index in [2.05, 4.69) is 15.6 Å². The van der Waals surface area contributed by atoms with E-state index in [0.29, 0.717) is 23.2 Å². The second-order valence-corrected chi connectivity index (χ2v) is 8.39. The number of carbonyl (C=O) groups is 1. The number of primary amides is 1. The smallest absolute Gasteiger partial charge is 0.258 e. The predicted octanol–water partition coefficient (Wildman–Crippen LogP) is 3.32. The highest BCUT2D eigenvalue weighted by molar-refractivity contribution is 7.22. The number of benzene rings is 2. The van der Waals surface area contributed by atoms with Crippen molar-refractivity contribution in [2.75, 3.05) is 12.3 Å². The summed E-state index contributed by atoms with van der Waals surface area (Å²) in [6.07, 6.45) is 1.18. The van der Waals surface area contributed by atoms with Crippen LogP contribution in [0.5, 0.6) is 11.5 Å². The van der Waals surface area contributed by atoms with E-state index in [1.54, 1.807) is 6.92 Å². The fourth-order valence-corrected chi connectivity index (χ4v) is 4.49. The van der Waals surface area contributed by atoms with Crippen molar-refractivity contribution in [3.63, 3.8) is 0 Å². The van der Waals surface area contributed by atoms with Gasteiger partial charge in [-0.1, -0.05) is 11.3 Å². The van der Waals surface area contributed by atoms with E-state index >= 15 is 0 Å². The molecule has 4 aromatic rings. The maximum atomic E-state index is 11.4. The van der Waals surface area contributed by atoms with Crippen LogP contribution < -0.4 is 20.9 Å². The zero-order valence-corrected chi connectivity index (χ0v) is 17.2. The van der Waals surface area contributed by atoms with Crippen LogP contribution in [0.15, 0.2) is 30.3 Å². The lowest BCUT2D eigenvalue weighted by atomic mass is 10.2. The van der Waals surface area contributed by atoms with Crippen LogP contribution in [-0.2, 0) is 11.3 Å². The molecule has 0 aliphatic carbocycles. The molecule has 0 radical (unpaired) electrons. The van der Waals surface area contributed by atoms with E-state index < -0.39 is 12.0 Å². The number of nitrogens with zero attached hydrogens (tertiary/aromatic N) is 3. The molecule has 0 fully saturated rings. The number of imidazole rings is 1. The van der Waals surface area contributed by atoms with Crippen LogP contribution in [0.1, 0.15) is 19.8 Å². The van der Waals surface area contributed by atoms with Crippen LogP contribution in [0.3, 0.4) is 0 Å². The Morgan fingerprint density at radius 1 is 1.23 bits per heavy atom. The molecular weight excluding hydrogens is 402 g/mol. The van der Waals surface area contributed by atoms with Crippen molar-refractivity contribution >= 4 is 43.6 Å². The summed E-state index contributed by atoms with van der Waals surface area (Å²) in [5.74, 6) is 1.53. The number of carbonyl (C=O) groups excluding carboxylic acids is 1. The van der Waals surface area contributed by atoms with Crippen LogP contribution in [0.2, 0.25) is 0 Å². The standard InChI is InChI=1S/C21H21N5O3S/c1-11(19(22)27)29-13-9-15-18-16(10-13)28-7-3-2-6-26(18)20(24-15)12-4-5-14-17(8-12)30-21(23)25-14/h4-5,8-11H,2-3,6-7H2,1H3,(H2,22,27)(H2,23,25). The van der Waals surface area contributed by atoms with Gasteiger partial charge < -0.3 is 25.5 Å². The monoisotopic (exact) mass is 423 g/mol. The summed E-state index contributed by atoms with van der Waals surface area (Å²) in [6, 6.07) is 9.68. The second-order valence-electron chi connectivity index (χ2n) is 7.33. The van der Waals surface area contributed by atoms with Crippen LogP contribution in [0, 0.1) is 0 Å². The van der Waals surface area contributed by atoms with Gasteiger partial charge in [0, 0.05) is 24.2 Å². The van der Waals surface area contributed by atoms with Crippen molar-refractivity contribution in [1.29, 1.82) is 0 Å². The summed E-state index contributed by atoms with van der Waals surface area (Å²) in [7, 11) is 0. The Kier molecular flexibility index (Phi) is 4.47. The molecule has 9 heteroatoms. The highest BCUT2D eigenvalue weighted by atomic mass is 32.1. The Hall–Kier alpha value is -3.33. The number of nitrogen functional groups attached to an aromatic ring is 1. The van der Waals surface area contributed by atoms with Gasteiger partial charge in [-0.05, 0) is 38.0 Å². The lowest BCUT2D eigenvalue weighted by Crippen LogP contribution is -2.30. The van der Waals surface area contributed by atoms with Gasteiger partial charge in [0.2, 0.25) is 0 Å². The van der Waals surface area contributed by atoms with E-state index in [1.807, 2.05) is 24.3 Å². The first-order valence-corrected chi connectivity index (χ1v) is 10.6. The van der Waals surface area contributed by atoms with Crippen LogP contribution >= 0.6 is 11.3 Å². The molecule has 1 aliphatic heterocycles. The quantitative estimate of drug-likeness (QED) is 0.520. The highest BCUT2D eigenvalue weighted by Crippen LogP contribution is 2.37. The molecule has 2 aromatic heterocycles. The number of fused-ring (bicyclic) bond motifs is 1. The highest BCUT2D eigenvalue weighted by Gasteiger charge is 2.21. The van der Waals surface area contributed by atoms with Gasteiger partial charge >= 0.3 is 0 Å². The fourth-order valence-electron chi connectivity index (χ4n) is 3.72. The third-order valence-electron chi connectivity index (χ3n) is 5.19. The number of nitrogens with two attached hydrogens (primary N) is 2. The number of amides is 1. The largest absolute Gasteiger partial charge is 0.491 e. The van der Waals surface area contributed by atoms with E-state index in [0.717, 1.165) is 52.0 Å². The Labute approximate surface area is 176 Å². The van der Waals surface area contributed by atoms with E-state index in [4.69, 9.17) is 25.9 Å². The number of thiazole rings is 1. The summed E-state index contributed by atoms with van der Waals surface area (Å²) in [4.78, 5) is 20.7. The van der Waals surface area contributed by atoms with Gasteiger partial charge in [0.15, 0.2) is 11.2 Å². The zero-order valence-electron chi connectivity index (χ0n) is 16.4. The summed E-state index contributed by atoms with van der Waals surface area (Å²) >= 11 is 1.46. The zero-order chi connectivity index (χ0) is 20.8. The number of aryl methyl sites for hydroxylation is 1. The van der Waals surface area contributed by atoms with E-state index in [9.17, 15) is 4.79 Å². The lowest BCUT2D eigenvalue weighted by molar-refractivity contribution is -0.123. The van der Waals surface area contributed by atoms with Crippen molar-refractivity contribution in [3.8, 4) is 22.9 Å². The Bertz CT molecular complexity index is 1280. The van der Waals surface area contributed by atoms with Crippen LogP contribution in [0.4, 0.5) is 5.13 Å². The van der Waals surface area contributed by atoms with Crippen LogP contribution in [-0.4, -0.2) is 33.2 Å². The van der Waals surface area contributed by atoms with Gasteiger partial charge in [-0.3, -0.25) is 4.79 Å². The summed E-state index contributed by atoms with van der Waals surface area (Å²) in [6.45, 7) is 3.08. The molecule has 1 atom stereocenters. The molecule has 0 saturated carbocycles. The van der Waals surface area contributed by atoms with Gasteiger partial charge in [0.05, 0.1) is 22.3 Å². The normalized spacial score (nSPS) is 14.8. The van der Waals surface area contributed by atoms with Gasteiger partial charge in [-0.2, -0.15) is 0 Å². The summed E-state index contributed by atoms with van der Waals surface area (Å²) in [5, 5.41) is 0.547. The molecule has 8 nitrogen and oxygen atoms in total. The molecular formula is C21H21N5O3S. The van der Waals surface area contributed by atoms with Gasteiger partial charge in [-0.25, -0.2) is 9.97 Å². The maximum absolute atomic E-state index is 11.4. The fraction of sp³-hybridized carbons (Fsp3) is 0.286. The average Bonchev–Trinajstić information content (AvgIpc) is 3.24. The van der Waals surface area contributed by atoms with E-state index in [-0.39, 0.29) is 0 Å². The number of anilines is 1. The topological polar surface area (TPSA) is 118 Å². The Morgan fingerprint density at radius 2 is 2.10 bits per heavy atom. The molecule has 2 aromatic carbocycles. The first-order chi connectivity index (χ1) is 14.5. The molecule has 0 saturated heterocycles. The second kappa shape index (κ2) is 7.17. The summed E-state index contributed by atoms with van der Waals surface area (Å²) < 4.78 is 14.9. The minimum Gasteiger partial charge on any atom is -0.491 e. The third kappa shape index (κ3) is 3.21. The molecule has 0 bridgehead atoms. The molecule has 30 heavy (non-hydrogen) atoms. The van der Waals surface area contributed by atoms with Crippen molar-refractivity contribution in [1.82, 2.24) is 14.5 Å². The molecule has 0 spiro atoms. The van der Waals surface area contributed by atoms with Crippen molar-refractivity contribution in [2.24, 2.45) is 5.73 Å². The number of rotatable bonds is 4. The molecule has 1 amide bonds.